The van der Waals surface area contributed by atoms with Gasteiger partial charge in [-0.25, -0.2) is 0 Å². The molecule has 0 saturated carbocycles. The van der Waals surface area contributed by atoms with Crippen molar-refractivity contribution in [3.05, 3.63) is 66.6 Å². The highest BCUT2D eigenvalue weighted by atomic mass is 79.9. The van der Waals surface area contributed by atoms with Crippen LogP contribution < -0.4 is 0 Å². The number of hydrogen-bond donors (Lipinski definition) is 0. The summed E-state index contributed by atoms with van der Waals surface area (Å²) in [6, 6.07) is 9.12. The van der Waals surface area contributed by atoms with Gasteiger partial charge in [-0.05, 0) is 55.3 Å². The average molecular weight is 403 g/mol. The van der Waals surface area contributed by atoms with Gasteiger partial charge in [0.15, 0.2) is 5.78 Å². The van der Waals surface area contributed by atoms with Gasteiger partial charge in [0.1, 0.15) is 0 Å². The number of carbonyl (C=O) groups is 1. The zero-order chi connectivity index (χ0) is 14.2. The Bertz CT molecular complexity index is 645. The molecule has 19 heavy (non-hydrogen) atoms. The Balaban J connectivity index is 2.53. The maximum Gasteiger partial charge on any atom is 0.194 e. The minimum atomic E-state index is -0.0434. The summed E-state index contributed by atoms with van der Waals surface area (Å²) in [7, 11) is 0. The van der Waals surface area contributed by atoms with Gasteiger partial charge in [-0.2, -0.15) is 0 Å². The number of rotatable bonds is 2. The van der Waals surface area contributed by atoms with Gasteiger partial charge in [0, 0.05) is 25.1 Å². The van der Waals surface area contributed by atoms with Crippen LogP contribution in [0.15, 0.2) is 39.3 Å². The van der Waals surface area contributed by atoms with Crippen molar-refractivity contribution in [2.45, 2.75) is 13.8 Å². The van der Waals surface area contributed by atoms with E-state index in [2.05, 4.69) is 31.9 Å². The van der Waals surface area contributed by atoms with E-state index in [0.29, 0.717) is 16.1 Å². The van der Waals surface area contributed by atoms with Gasteiger partial charge in [0.25, 0.3) is 0 Å². The zero-order valence-electron chi connectivity index (χ0n) is 10.4. The first-order valence-electron chi connectivity index (χ1n) is 5.66. The minimum Gasteiger partial charge on any atom is -0.289 e. The van der Waals surface area contributed by atoms with Crippen molar-refractivity contribution in [1.29, 1.82) is 0 Å². The third kappa shape index (κ3) is 3.28. The minimum absolute atomic E-state index is 0.0434. The predicted octanol–water partition coefficient (Wildman–Crippen LogP) is 5.71. The number of aryl methyl sites for hydroxylation is 2. The second kappa shape index (κ2) is 5.78. The van der Waals surface area contributed by atoms with E-state index in [9.17, 15) is 4.79 Å². The van der Waals surface area contributed by atoms with Gasteiger partial charge in [-0.1, -0.05) is 43.5 Å². The second-order valence-corrected chi connectivity index (χ2v) is 6.57. The molecule has 2 aromatic carbocycles. The van der Waals surface area contributed by atoms with Crippen LogP contribution >= 0.6 is 43.5 Å². The Morgan fingerprint density at radius 1 is 1.00 bits per heavy atom. The van der Waals surface area contributed by atoms with Crippen molar-refractivity contribution in [3.8, 4) is 0 Å². The third-order valence-corrected chi connectivity index (χ3v) is 4.53. The molecule has 0 aromatic heterocycles. The van der Waals surface area contributed by atoms with Crippen molar-refractivity contribution >= 4 is 49.2 Å². The summed E-state index contributed by atoms with van der Waals surface area (Å²) in [6.45, 7) is 3.90. The Labute approximate surface area is 134 Å². The van der Waals surface area contributed by atoms with Crippen molar-refractivity contribution in [3.63, 3.8) is 0 Å². The molecule has 0 unspecified atom stereocenters. The van der Waals surface area contributed by atoms with Crippen LogP contribution in [0.5, 0.6) is 0 Å². The number of carbonyl (C=O) groups excluding carboxylic acids is 1. The molecule has 0 radical (unpaired) electrons. The number of ketones is 1. The maximum atomic E-state index is 12.5. The molecule has 0 aliphatic rings. The van der Waals surface area contributed by atoms with Crippen LogP contribution in [0.1, 0.15) is 27.0 Å². The molecule has 2 aromatic rings. The van der Waals surface area contributed by atoms with Crippen LogP contribution in [0, 0.1) is 13.8 Å². The normalized spacial score (nSPS) is 10.6. The van der Waals surface area contributed by atoms with Crippen LogP contribution in [-0.4, -0.2) is 5.78 Å². The number of hydrogen-bond acceptors (Lipinski definition) is 1. The molecular formula is C15H11Br2ClO. The first-order chi connectivity index (χ1) is 8.88. The molecule has 0 atom stereocenters. The number of halogens is 3. The summed E-state index contributed by atoms with van der Waals surface area (Å²) in [5.41, 5.74) is 3.27. The lowest BCUT2D eigenvalue weighted by Crippen LogP contribution is -2.03. The van der Waals surface area contributed by atoms with Crippen molar-refractivity contribution in [2.24, 2.45) is 0 Å². The lowest BCUT2D eigenvalue weighted by Gasteiger charge is -2.08. The smallest absolute Gasteiger partial charge is 0.194 e. The Morgan fingerprint density at radius 3 is 2.32 bits per heavy atom. The molecule has 98 valence electrons. The van der Waals surface area contributed by atoms with Gasteiger partial charge < -0.3 is 0 Å². The highest BCUT2D eigenvalue weighted by molar-refractivity contribution is 9.11. The SMILES string of the molecule is Cc1cc(Cl)cc(C(=O)c2cc(Br)c(C)cc2Br)c1. The standard InChI is InChI=1S/C15H11Br2ClO/c1-8-3-10(6-11(18)4-8)15(19)12-7-13(16)9(2)5-14(12)17/h3-7H,1-2H3. The molecular weight excluding hydrogens is 391 g/mol. The van der Waals surface area contributed by atoms with Crippen LogP contribution in [0.3, 0.4) is 0 Å². The Morgan fingerprint density at radius 2 is 1.68 bits per heavy atom. The molecule has 1 nitrogen and oxygen atoms in total. The van der Waals surface area contributed by atoms with Crippen molar-refractivity contribution in [1.82, 2.24) is 0 Å². The highest BCUT2D eigenvalue weighted by Gasteiger charge is 2.15. The molecule has 0 heterocycles. The van der Waals surface area contributed by atoms with Gasteiger partial charge >= 0.3 is 0 Å². The zero-order valence-corrected chi connectivity index (χ0v) is 14.4. The number of benzene rings is 2. The highest BCUT2D eigenvalue weighted by Crippen LogP contribution is 2.28. The lowest BCUT2D eigenvalue weighted by molar-refractivity contribution is 0.103. The quantitative estimate of drug-likeness (QED) is 0.588. The lowest BCUT2D eigenvalue weighted by atomic mass is 10.0. The van der Waals surface area contributed by atoms with Crippen LogP contribution in [0.2, 0.25) is 5.02 Å². The fourth-order valence-corrected chi connectivity index (χ4v) is 3.11. The largest absolute Gasteiger partial charge is 0.289 e. The topological polar surface area (TPSA) is 17.1 Å². The molecule has 0 spiro atoms. The third-order valence-electron chi connectivity index (χ3n) is 2.80. The predicted molar refractivity (Wildman–Crippen MR) is 86.2 cm³/mol. The molecule has 0 aliphatic heterocycles. The summed E-state index contributed by atoms with van der Waals surface area (Å²) >= 11 is 12.9. The second-order valence-electron chi connectivity index (χ2n) is 4.43. The first kappa shape index (κ1) is 14.8. The van der Waals surface area contributed by atoms with Gasteiger partial charge in [-0.15, -0.1) is 0 Å². The van der Waals surface area contributed by atoms with E-state index in [-0.39, 0.29) is 5.78 Å². The molecule has 0 fully saturated rings. The maximum absolute atomic E-state index is 12.5. The van der Waals surface area contributed by atoms with Gasteiger partial charge in [0.05, 0.1) is 0 Å². The van der Waals surface area contributed by atoms with Gasteiger partial charge in [0.2, 0.25) is 0 Å². The molecule has 0 aliphatic carbocycles. The van der Waals surface area contributed by atoms with Crippen LogP contribution in [0.25, 0.3) is 0 Å². The van der Waals surface area contributed by atoms with E-state index >= 15 is 0 Å². The Hall–Kier alpha value is -0.640. The average Bonchev–Trinajstić information content (AvgIpc) is 2.31. The molecule has 0 N–H and O–H groups in total. The van der Waals surface area contributed by atoms with E-state index < -0.39 is 0 Å². The molecule has 2 rings (SSSR count). The van der Waals surface area contributed by atoms with Gasteiger partial charge in [-0.3, -0.25) is 4.79 Å². The fourth-order valence-electron chi connectivity index (χ4n) is 1.84. The van der Waals surface area contributed by atoms with Crippen LogP contribution in [-0.2, 0) is 0 Å². The summed E-state index contributed by atoms with van der Waals surface area (Å²) < 4.78 is 1.70. The molecule has 4 heteroatoms. The monoisotopic (exact) mass is 400 g/mol. The first-order valence-corrected chi connectivity index (χ1v) is 7.62. The van der Waals surface area contributed by atoms with Crippen molar-refractivity contribution < 1.29 is 4.79 Å². The van der Waals surface area contributed by atoms with E-state index in [1.165, 1.54) is 0 Å². The van der Waals surface area contributed by atoms with E-state index in [1.807, 2.05) is 38.1 Å². The summed E-state index contributed by atoms with van der Waals surface area (Å²) in [5, 5.41) is 0.575. The fraction of sp³-hybridized carbons (Fsp3) is 0.133. The Kier molecular flexibility index (Phi) is 4.49. The van der Waals surface area contributed by atoms with E-state index in [1.54, 1.807) is 6.07 Å². The van der Waals surface area contributed by atoms with E-state index in [4.69, 9.17) is 11.6 Å². The summed E-state index contributed by atoms with van der Waals surface area (Å²) in [6.07, 6.45) is 0. The molecule has 0 amide bonds. The molecule has 0 bridgehead atoms. The van der Waals surface area contributed by atoms with E-state index in [0.717, 1.165) is 20.1 Å². The summed E-state index contributed by atoms with van der Waals surface area (Å²) in [5.74, 6) is -0.0434. The molecule has 0 saturated heterocycles. The van der Waals surface area contributed by atoms with Crippen molar-refractivity contribution in [2.75, 3.05) is 0 Å². The van der Waals surface area contributed by atoms with Crippen LogP contribution in [0.4, 0.5) is 0 Å². The summed E-state index contributed by atoms with van der Waals surface area (Å²) in [4.78, 5) is 12.5.